The van der Waals surface area contributed by atoms with Gasteiger partial charge >= 0.3 is 0 Å². The molecule has 0 bridgehead atoms. The van der Waals surface area contributed by atoms with E-state index in [2.05, 4.69) is 37.6 Å². The molecule has 0 spiro atoms. The Hall–Kier alpha value is -1.33. The molecule has 1 aromatic heterocycles. The zero-order valence-corrected chi connectivity index (χ0v) is 11.5. The van der Waals surface area contributed by atoms with Crippen molar-refractivity contribution in [2.75, 3.05) is 0 Å². The summed E-state index contributed by atoms with van der Waals surface area (Å²) in [4.78, 5) is 4.34. The van der Waals surface area contributed by atoms with Crippen molar-refractivity contribution < 1.29 is 0 Å². The molecular formula is C15H22N2. The highest BCUT2D eigenvalue weighted by atomic mass is 14.7. The second-order valence-electron chi connectivity index (χ2n) is 5.55. The van der Waals surface area contributed by atoms with Crippen LogP contribution in [0.3, 0.4) is 0 Å². The molecule has 0 amide bonds. The maximum Gasteiger partial charge on any atom is 0.0407 e. The van der Waals surface area contributed by atoms with Crippen LogP contribution in [0.4, 0.5) is 0 Å². The minimum absolute atomic E-state index is 0.0229. The fraction of sp³-hybridized carbons (Fsp3) is 0.533. The van der Waals surface area contributed by atoms with Gasteiger partial charge in [0.2, 0.25) is 0 Å². The largest absolute Gasteiger partial charge is 0.323 e. The summed E-state index contributed by atoms with van der Waals surface area (Å²) in [5.41, 5.74) is 9.33. The van der Waals surface area contributed by atoms with Crippen molar-refractivity contribution in [1.29, 1.82) is 0 Å². The predicted octanol–water partition coefficient (Wildman–Crippen LogP) is 3.14. The van der Waals surface area contributed by atoms with Crippen LogP contribution in [0.15, 0.2) is 12.1 Å². The van der Waals surface area contributed by atoms with Crippen LogP contribution in [0.25, 0.3) is 0 Å². The summed E-state index contributed by atoms with van der Waals surface area (Å²) < 4.78 is 0. The van der Waals surface area contributed by atoms with Crippen LogP contribution in [-0.4, -0.2) is 4.98 Å². The third-order valence-corrected chi connectivity index (χ3v) is 2.32. The zero-order valence-electron chi connectivity index (χ0n) is 11.5. The quantitative estimate of drug-likeness (QED) is 0.793. The Kier molecular flexibility index (Phi) is 4.31. The van der Waals surface area contributed by atoms with Crippen LogP contribution in [0.2, 0.25) is 0 Å². The SMILES string of the molecule is Cc1cc(C(N)CC#CC(C)(C)C)cc(C)n1. The van der Waals surface area contributed by atoms with Gasteiger partial charge in [-0.1, -0.05) is 5.92 Å². The van der Waals surface area contributed by atoms with Gasteiger partial charge in [-0.3, -0.25) is 4.98 Å². The van der Waals surface area contributed by atoms with Gasteiger partial charge in [-0.25, -0.2) is 0 Å². The van der Waals surface area contributed by atoms with Crippen molar-refractivity contribution in [2.24, 2.45) is 11.1 Å². The van der Waals surface area contributed by atoms with E-state index in [9.17, 15) is 0 Å². The van der Waals surface area contributed by atoms with Gasteiger partial charge in [-0.15, -0.1) is 5.92 Å². The molecule has 0 aliphatic rings. The van der Waals surface area contributed by atoms with E-state index >= 15 is 0 Å². The summed E-state index contributed by atoms with van der Waals surface area (Å²) in [6.07, 6.45) is 0.695. The molecule has 0 saturated carbocycles. The fourth-order valence-corrected chi connectivity index (χ4v) is 1.62. The standard InChI is InChI=1S/C15H22N2/c1-11-9-13(10-12(2)17-11)14(16)7-6-8-15(3,4)5/h9-10,14H,7,16H2,1-5H3. The molecule has 92 valence electrons. The topological polar surface area (TPSA) is 38.9 Å². The summed E-state index contributed by atoms with van der Waals surface area (Å²) in [6, 6.07) is 4.05. The molecule has 0 aromatic carbocycles. The number of hydrogen-bond donors (Lipinski definition) is 1. The number of aryl methyl sites for hydroxylation is 2. The maximum atomic E-state index is 6.13. The Morgan fingerprint density at radius 3 is 2.24 bits per heavy atom. The lowest BCUT2D eigenvalue weighted by Crippen LogP contribution is -2.11. The number of nitrogens with zero attached hydrogens (tertiary/aromatic N) is 1. The van der Waals surface area contributed by atoms with Gasteiger partial charge in [-0.05, 0) is 52.3 Å². The van der Waals surface area contributed by atoms with Crippen LogP contribution < -0.4 is 5.73 Å². The molecule has 0 aliphatic heterocycles. The Balaban J connectivity index is 2.76. The molecule has 0 radical (unpaired) electrons. The third kappa shape index (κ3) is 5.01. The Morgan fingerprint density at radius 1 is 1.24 bits per heavy atom. The number of nitrogens with two attached hydrogens (primary N) is 1. The monoisotopic (exact) mass is 230 g/mol. The highest BCUT2D eigenvalue weighted by Crippen LogP contribution is 2.16. The lowest BCUT2D eigenvalue weighted by atomic mass is 9.97. The van der Waals surface area contributed by atoms with Crippen LogP contribution in [0, 0.1) is 31.1 Å². The van der Waals surface area contributed by atoms with Crippen molar-refractivity contribution in [1.82, 2.24) is 4.98 Å². The van der Waals surface area contributed by atoms with Gasteiger partial charge in [0.05, 0.1) is 0 Å². The lowest BCUT2D eigenvalue weighted by Gasteiger charge is -2.11. The molecule has 2 nitrogen and oxygen atoms in total. The molecule has 2 N–H and O–H groups in total. The van der Waals surface area contributed by atoms with Crippen molar-refractivity contribution in [2.45, 2.75) is 47.1 Å². The average Bonchev–Trinajstić information content (AvgIpc) is 2.13. The van der Waals surface area contributed by atoms with Crippen LogP contribution in [0.5, 0.6) is 0 Å². The number of aromatic nitrogens is 1. The minimum atomic E-state index is -0.0229. The molecule has 0 saturated heterocycles. The summed E-state index contributed by atoms with van der Waals surface area (Å²) >= 11 is 0. The molecule has 17 heavy (non-hydrogen) atoms. The maximum absolute atomic E-state index is 6.13. The highest BCUT2D eigenvalue weighted by molar-refractivity contribution is 5.25. The molecule has 1 atom stereocenters. The van der Waals surface area contributed by atoms with Crippen molar-refractivity contribution in [3.05, 3.63) is 29.1 Å². The van der Waals surface area contributed by atoms with Crippen molar-refractivity contribution in [3.8, 4) is 11.8 Å². The van der Waals surface area contributed by atoms with Crippen molar-refractivity contribution >= 4 is 0 Å². The lowest BCUT2D eigenvalue weighted by molar-refractivity contribution is 0.569. The van der Waals surface area contributed by atoms with E-state index in [0.29, 0.717) is 6.42 Å². The summed E-state index contributed by atoms with van der Waals surface area (Å²) in [5, 5.41) is 0. The molecule has 0 aliphatic carbocycles. The van der Waals surface area contributed by atoms with Gasteiger partial charge in [0.25, 0.3) is 0 Å². The molecule has 2 heteroatoms. The van der Waals surface area contributed by atoms with E-state index in [1.165, 1.54) is 0 Å². The Bertz CT molecular complexity index is 424. The number of rotatable bonds is 2. The highest BCUT2D eigenvalue weighted by Gasteiger charge is 2.07. The third-order valence-electron chi connectivity index (χ3n) is 2.32. The van der Waals surface area contributed by atoms with Gasteiger partial charge < -0.3 is 5.73 Å². The zero-order chi connectivity index (χ0) is 13.1. The molecule has 1 aromatic rings. The summed E-state index contributed by atoms with van der Waals surface area (Å²) in [7, 11) is 0. The number of hydrogen-bond acceptors (Lipinski definition) is 2. The predicted molar refractivity (Wildman–Crippen MR) is 72.5 cm³/mol. The van der Waals surface area contributed by atoms with Crippen LogP contribution in [-0.2, 0) is 0 Å². The van der Waals surface area contributed by atoms with Gasteiger partial charge in [0, 0.05) is 29.3 Å². The first kappa shape index (κ1) is 13.7. The first-order chi connectivity index (χ1) is 7.78. The Labute approximate surface area is 105 Å². The first-order valence-electron chi connectivity index (χ1n) is 5.99. The Morgan fingerprint density at radius 2 is 1.76 bits per heavy atom. The smallest absolute Gasteiger partial charge is 0.0407 e. The van der Waals surface area contributed by atoms with E-state index in [-0.39, 0.29) is 11.5 Å². The second kappa shape index (κ2) is 5.33. The second-order valence-corrected chi connectivity index (χ2v) is 5.55. The van der Waals surface area contributed by atoms with Crippen LogP contribution >= 0.6 is 0 Å². The molecule has 1 rings (SSSR count). The molecule has 0 fully saturated rings. The summed E-state index contributed by atoms with van der Waals surface area (Å²) in [6.45, 7) is 10.3. The van der Waals surface area contributed by atoms with Gasteiger partial charge in [-0.2, -0.15) is 0 Å². The normalized spacial score (nSPS) is 12.8. The minimum Gasteiger partial charge on any atom is -0.323 e. The molecular weight excluding hydrogens is 208 g/mol. The first-order valence-corrected chi connectivity index (χ1v) is 5.99. The van der Waals surface area contributed by atoms with E-state index in [0.717, 1.165) is 17.0 Å². The van der Waals surface area contributed by atoms with Gasteiger partial charge in [0.1, 0.15) is 0 Å². The van der Waals surface area contributed by atoms with Crippen LogP contribution in [0.1, 0.15) is 50.2 Å². The van der Waals surface area contributed by atoms with E-state index in [1.807, 2.05) is 26.0 Å². The van der Waals surface area contributed by atoms with E-state index in [1.54, 1.807) is 0 Å². The van der Waals surface area contributed by atoms with Crippen molar-refractivity contribution in [3.63, 3.8) is 0 Å². The van der Waals surface area contributed by atoms with E-state index < -0.39 is 0 Å². The van der Waals surface area contributed by atoms with Gasteiger partial charge in [0.15, 0.2) is 0 Å². The summed E-state index contributed by atoms with van der Waals surface area (Å²) in [5.74, 6) is 6.37. The number of pyridine rings is 1. The average molecular weight is 230 g/mol. The molecule has 1 heterocycles. The van der Waals surface area contributed by atoms with E-state index in [4.69, 9.17) is 5.73 Å². The molecule has 1 unspecified atom stereocenters. The fourth-order valence-electron chi connectivity index (χ4n) is 1.62.